The van der Waals surface area contributed by atoms with Crippen LogP contribution in [0, 0.1) is 3.70 Å². The summed E-state index contributed by atoms with van der Waals surface area (Å²) in [6.45, 7) is 3.92. The van der Waals surface area contributed by atoms with Crippen LogP contribution in [0.5, 0.6) is 0 Å². The highest BCUT2D eigenvalue weighted by atomic mass is 127. The number of hydrogen-bond donors (Lipinski definition) is 1. The van der Waals surface area contributed by atoms with Crippen LogP contribution in [0.25, 0.3) is 22.4 Å². The maximum atomic E-state index is 13.2. The summed E-state index contributed by atoms with van der Waals surface area (Å²) in [5.41, 5.74) is 7.63. The lowest BCUT2D eigenvalue weighted by molar-refractivity contribution is 0.153. The highest BCUT2D eigenvalue weighted by Crippen LogP contribution is 2.39. The Morgan fingerprint density at radius 2 is 1.79 bits per heavy atom. The number of hydrazine groups is 1. The lowest BCUT2D eigenvalue weighted by Crippen LogP contribution is -2.47. The van der Waals surface area contributed by atoms with E-state index in [1.807, 2.05) is 11.1 Å². The lowest BCUT2D eigenvalue weighted by Gasteiger charge is -2.26. The van der Waals surface area contributed by atoms with Crippen LogP contribution >= 0.6 is 45.8 Å². The molecule has 34 heavy (non-hydrogen) atoms. The molecule has 1 aliphatic heterocycles. The Balaban J connectivity index is 1.72. The van der Waals surface area contributed by atoms with Crippen molar-refractivity contribution >= 4 is 51.8 Å². The number of unbranched alkanes of at least 4 members (excludes halogenated alkanes) is 2. The van der Waals surface area contributed by atoms with E-state index in [0.717, 1.165) is 52.7 Å². The molecule has 2 aromatic carbocycles. The van der Waals surface area contributed by atoms with Gasteiger partial charge in [0.05, 0.1) is 5.02 Å². The van der Waals surface area contributed by atoms with Crippen LogP contribution < -0.4 is 5.43 Å². The quantitative estimate of drug-likeness (QED) is 0.219. The zero-order valence-corrected chi connectivity index (χ0v) is 23.0. The van der Waals surface area contributed by atoms with Gasteiger partial charge in [0.2, 0.25) is 0 Å². The zero-order chi connectivity index (χ0) is 24.1. The first-order valence-corrected chi connectivity index (χ1v) is 13.7. The largest absolute Gasteiger partial charge is 0.357 e. The molecule has 1 amide bonds. The summed E-state index contributed by atoms with van der Waals surface area (Å²) in [7, 11) is 0. The zero-order valence-electron chi connectivity index (χ0n) is 19.3. The number of hydrogen-bond acceptors (Lipinski definition) is 3. The van der Waals surface area contributed by atoms with E-state index < -0.39 is 0 Å². The van der Waals surface area contributed by atoms with Gasteiger partial charge >= 0.3 is 6.03 Å². The molecular formula is C26H29Cl2IN4O. The minimum Gasteiger partial charge on any atom is -0.269 e. The first-order valence-electron chi connectivity index (χ1n) is 11.9. The smallest absolute Gasteiger partial charge is 0.269 e. The molecule has 0 atom stereocenters. The summed E-state index contributed by atoms with van der Waals surface area (Å²) in [4.78, 5) is 13.2. The molecule has 5 nitrogen and oxygen atoms in total. The standard InChI is InChI=1S/C26H29Cl2IN4O/c1-2-3-5-8-18-9-11-19(12-10-18)23-24(21-14-13-20(27)17-22(21)28)30-33(25(23)29)26(34)31-32-15-6-4-7-16-32/h9-14,17H,2-8,15-16H2,1H3,(H,31,34). The minimum absolute atomic E-state index is 0.264. The van der Waals surface area contributed by atoms with E-state index in [1.165, 1.54) is 35.9 Å². The summed E-state index contributed by atoms with van der Waals surface area (Å²) < 4.78 is 2.19. The van der Waals surface area contributed by atoms with E-state index >= 15 is 0 Å². The molecule has 8 heteroatoms. The molecule has 0 unspecified atom stereocenters. The van der Waals surface area contributed by atoms with Gasteiger partial charge in [0.25, 0.3) is 0 Å². The van der Waals surface area contributed by atoms with Crippen LogP contribution in [0.3, 0.4) is 0 Å². The van der Waals surface area contributed by atoms with Crippen LogP contribution in [-0.2, 0) is 6.42 Å². The average Bonchev–Trinajstić information content (AvgIpc) is 3.17. The van der Waals surface area contributed by atoms with Crippen molar-refractivity contribution in [2.45, 2.75) is 51.9 Å². The second kappa shape index (κ2) is 11.9. The Bertz CT molecular complexity index is 1140. The second-order valence-corrected chi connectivity index (χ2v) is 10.5. The third-order valence-electron chi connectivity index (χ3n) is 6.13. The van der Waals surface area contributed by atoms with Gasteiger partial charge in [-0.1, -0.05) is 73.7 Å². The molecule has 4 rings (SSSR count). The van der Waals surface area contributed by atoms with Gasteiger partial charge in [-0.25, -0.2) is 9.80 Å². The molecule has 3 aromatic rings. The number of benzene rings is 2. The summed E-state index contributed by atoms with van der Waals surface area (Å²) in [5, 5.41) is 7.78. The molecule has 1 saturated heterocycles. The van der Waals surface area contributed by atoms with Crippen molar-refractivity contribution < 1.29 is 4.79 Å². The summed E-state index contributed by atoms with van der Waals surface area (Å²) in [6, 6.07) is 13.7. The summed E-state index contributed by atoms with van der Waals surface area (Å²) in [6.07, 6.45) is 8.06. The number of nitrogens with one attached hydrogen (secondary N) is 1. The number of rotatable bonds is 7. The number of piperidine rings is 1. The van der Waals surface area contributed by atoms with Crippen molar-refractivity contribution in [3.8, 4) is 22.4 Å². The van der Waals surface area contributed by atoms with Crippen LogP contribution in [0.15, 0.2) is 42.5 Å². The maximum absolute atomic E-state index is 13.2. The first-order chi connectivity index (χ1) is 16.5. The fraction of sp³-hybridized carbons (Fsp3) is 0.385. The molecule has 1 N–H and O–H groups in total. The molecule has 1 fully saturated rings. The molecular weight excluding hydrogens is 582 g/mol. The highest BCUT2D eigenvalue weighted by molar-refractivity contribution is 14.1. The number of nitrogens with zero attached hydrogens (tertiary/aromatic N) is 3. The number of carbonyl (C=O) groups is 1. The number of halogens is 3. The van der Waals surface area contributed by atoms with Crippen LogP contribution in [0.4, 0.5) is 4.79 Å². The molecule has 0 radical (unpaired) electrons. The van der Waals surface area contributed by atoms with Crippen LogP contribution in [0.2, 0.25) is 10.0 Å². The first kappa shape index (κ1) is 25.5. The topological polar surface area (TPSA) is 50.2 Å². The van der Waals surface area contributed by atoms with Crippen molar-refractivity contribution in [1.29, 1.82) is 0 Å². The van der Waals surface area contributed by atoms with E-state index in [0.29, 0.717) is 15.7 Å². The number of amides is 1. The predicted molar refractivity (Wildman–Crippen MR) is 148 cm³/mol. The third-order valence-corrected chi connectivity index (χ3v) is 7.67. The molecule has 0 saturated carbocycles. The van der Waals surface area contributed by atoms with Gasteiger partial charge in [0, 0.05) is 29.2 Å². The summed E-state index contributed by atoms with van der Waals surface area (Å²) >= 11 is 14.9. The average molecular weight is 611 g/mol. The SMILES string of the molecule is CCCCCc1ccc(-c2c(-c3ccc(Cl)cc3Cl)nn(C(=O)NN3CCCCC3)c2I)cc1. The van der Waals surface area contributed by atoms with E-state index in [2.05, 4.69) is 59.2 Å². The van der Waals surface area contributed by atoms with Gasteiger partial charge in [-0.3, -0.25) is 5.43 Å². The van der Waals surface area contributed by atoms with Gasteiger partial charge in [-0.15, -0.1) is 0 Å². The van der Waals surface area contributed by atoms with Gasteiger partial charge in [0.1, 0.15) is 9.39 Å². The number of carbonyl (C=O) groups excluding carboxylic acids is 1. The highest BCUT2D eigenvalue weighted by Gasteiger charge is 2.25. The third kappa shape index (κ3) is 5.96. The molecule has 2 heterocycles. The van der Waals surface area contributed by atoms with E-state index in [1.54, 1.807) is 12.1 Å². The van der Waals surface area contributed by atoms with Crippen molar-refractivity contribution in [3.05, 3.63) is 61.8 Å². The van der Waals surface area contributed by atoms with Gasteiger partial charge in [-0.2, -0.15) is 9.78 Å². The monoisotopic (exact) mass is 610 g/mol. The molecule has 0 aliphatic carbocycles. The fourth-order valence-electron chi connectivity index (χ4n) is 4.26. The predicted octanol–water partition coefficient (Wildman–Crippen LogP) is 7.82. The summed E-state index contributed by atoms with van der Waals surface area (Å²) in [5.74, 6) is 0. The molecule has 0 bridgehead atoms. The maximum Gasteiger partial charge on any atom is 0.357 e. The second-order valence-electron chi connectivity index (χ2n) is 8.67. The van der Waals surface area contributed by atoms with Crippen molar-refractivity contribution in [3.63, 3.8) is 0 Å². The Labute approximate surface area is 224 Å². The van der Waals surface area contributed by atoms with E-state index in [-0.39, 0.29) is 6.03 Å². The van der Waals surface area contributed by atoms with Crippen molar-refractivity contribution in [2.24, 2.45) is 0 Å². The van der Waals surface area contributed by atoms with Gasteiger partial charge in [-0.05, 0) is 77.6 Å². The van der Waals surface area contributed by atoms with Gasteiger partial charge in [0.15, 0.2) is 0 Å². The Hall–Kier alpha value is -1.61. The Kier molecular flexibility index (Phi) is 8.91. The minimum atomic E-state index is -0.264. The Morgan fingerprint density at radius 1 is 1.06 bits per heavy atom. The van der Waals surface area contributed by atoms with Gasteiger partial charge < -0.3 is 0 Å². The normalized spacial score (nSPS) is 14.4. The molecule has 0 spiro atoms. The molecule has 1 aromatic heterocycles. The number of aromatic nitrogens is 2. The van der Waals surface area contributed by atoms with Crippen molar-refractivity contribution in [2.75, 3.05) is 13.1 Å². The lowest BCUT2D eigenvalue weighted by atomic mass is 9.99. The van der Waals surface area contributed by atoms with E-state index in [9.17, 15) is 4.79 Å². The van der Waals surface area contributed by atoms with E-state index in [4.69, 9.17) is 28.3 Å². The van der Waals surface area contributed by atoms with Crippen LogP contribution in [0.1, 0.15) is 51.0 Å². The molecule has 1 aliphatic rings. The van der Waals surface area contributed by atoms with Crippen molar-refractivity contribution in [1.82, 2.24) is 20.2 Å². The molecule has 180 valence electrons. The number of aryl methyl sites for hydroxylation is 1. The van der Waals surface area contributed by atoms with Crippen LogP contribution in [-0.4, -0.2) is 33.9 Å². The Morgan fingerprint density at radius 3 is 2.47 bits per heavy atom. The fourth-order valence-corrected chi connectivity index (χ4v) is 5.66.